The van der Waals surface area contributed by atoms with E-state index in [-0.39, 0.29) is 17.6 Å². The lowest BCUT2D eigenvalue weighted by molar-refractivity contribution is -0.118. The highest BCUT2D eigenvalue weighted by Crippen LogP contribution is 2.25. The second-order valence-corrected chi connectivity index (χ2v) is 10.3. The quantitative estimate of drug-likeness (QED) is 0.332. The summed E-state index contributed by atoms with van der Waals surface area (Å²) in [6, 6.07) is 22.5. The molecule has 6 heteroatoms. The predicted molar refractivity (Wildman–Crippen MR) is 152 cm³/mol. The minimum absolute atomic E-state index is 0.0305. The molecule has 0 aromatic heterocycles. The monoisotopic (exact) mass is 515 g/mol. The van der Waals surface area contributed by atoms with Crippen molar-refractivity contribution in [2.75, 3.05) is 31.1 Å². The number of nitrogens with zero attached hydrogens (tertiary/aromatic N) is 3. The molecular formula is C32H38FN3O2. The molecule has 0 aliphatic carbocycles. The van der Waals surface area contributed by atoms with Crippen molar-refractivity contribution >= 4 is 17.5 Å². The van der Waals surface area contributed by atoms with E-state index in [1.54, 1.807) is 17.0 Å². The van der Waals surface area contributed by atoms with Crippen LogP contribution in [0.25, 0.3) is 11.1 Å². The smallest absolute Gasteiger partial charge is 0.253 e. The predicted octanol–water partition coefficient (Wildman–Crippen LogP) is 6.38. The van der Waals surface area contributed by atoms with Gasteiger partial charge in [0.1, 0.15) is 5.82 Å². The fourth-order valence-corrected chi connectivity index (χ4v) is 4.85. The maximum absolute atomic E-state index is 13.5. The van der Waals surface area contributed by atoms with Crippen molar-refractivity contribution < 1.29 is 14.0 Å². The van der Waals surface area contributed by atoms with Crippen molar-refractivity contribution in [2.24, 2.45) is 0 Å². The first-order chi connectivity index (χ1) is 18.4. The van der Waals surface area contributed by atoms with Gasteiger partial charge in [-0.25, -0.2) is 4.39 Å². The highest BCUT2D eigenvalue weighted by atomic mass is 19.1. The Hall–Kier alpha value is -3.51. The van der Waals surface area contributed by atoms with Gasteiger partial charge in [0, 0.05) is 49.9 Å². The van der Waals surface area contributed by atoms with Gasteiger partial charge in [-0.15, -0.1) is 0 Å². The topological polar surface area (TPSA) is 43.9 Å². The van der Waals surface area contributed by atoms with Gasteiger partial charge in [0.2, 0.25) is 5.91 Å². The Morgan fingerprint density at radius 3 is 2.21 bits per heavy atom. The molecule has 0 N–H and O–H groups in total. The maximum atomic E-state index is 13.5. The summed E-state index contributed by atoms with van der Waals surface area (Å²) >= 11 is 0. The Morgan fingerprint density at radius 1 is 0.895 bits per heavy atom. The molecule has 1 fully saturated rings. The number of carbonyl (C=O) groups excluding carboxylic acids is 2. The zero-order valence-corrected chi connectivity index (χ0v) is 22.7. The van der Waals surface area contributed by atoms with Crippen molar-refractivity contribution in [3.8, 4) is 11.1 Å². The number of unbranched alkanes of at least 4 members (excludes halogenated alkanes) is 1. The van der Waals surface area contributed by atoms with Crippen LogP contribution >= 0.6 is 0 Å². The summed E-state index contributed by atoms with van der Waals surface area (Å²) in [5.74, 6) is -0.215. The molecule has 0 bridgehead atoms. The van der Waals surface area contributed by atoms with Crippen LogP contribution in [-0.2, 0) is 11.3 Å². The lowest BCUT2D eigenvalue weighted by Crippen LogP contribution is -2.50. The van der Waals surface area contributed by atoms with E-state index in [9.17, 15) is 14.0 Å². The van der Waals surface area contributed by atoms with Gasteiger partial charge in [0.25, 0.3) is 5.91 Å². The molecule has 5 nitrogen and oxygen atoms in total. The average molecular weight is 516 g/mol. The second-order valence-electron chi connectivity index (χ2n) is 10.3. The van der Waals surface area contributed by atoms with Gasteiger partial charge in [-0.1, -0.05) is 49.7 Å². The number of rotatable bonds is 9. The third-order valence-corrected chi connectivity index (χ3v) is 7.25. The van der Waals surface area contributed by atoms with Crippen molar-refractivity contribution in [3.05, 3.63) is 89.7 Å². The molecule has 3 aromatic rings. The average Bonchev–Trinajstić information content (AvgIpc) is 2.95. The van der Waals surface area contributed by atoms with E-state index in [1.165, 1.54) is 12.1 Å². The van der Waals surface area contributed by atoms with Crippen LogP contribution in [0.2, 0.25) is 0 Å². The summed E-state index contributed by atoms with van der Waals surface area (Å²) in [6.07, 6.45) is 2.21. The minimum Gasteiger partial charge on any atom is -0.336 e. The molecule has 1 heterocycles. The Morgan fingerprint density at radius 2 is 1.58 bits per heavy atom. The van der Waals surface area contributed by atoms with Crippen LogP contribution < -0.4 is 4.90 Å². The van der Waals surface area contributed by atoms with Gasteiger partial charge in [-0.3, -0.25) is 14.5 Å². The van der Waals surface area contributed by atoms with Crippen molar-refractivity contribution in [3.63, 3.8) is 0 Å². The van der Waals surface area contributed by atoms with Gasteiger partial charge >= 0.3 is 0 Å². The van der Waals surface area contributed by atoms with Crippen molar-refractivity contribution in [1.82, 2.24) is 9.80 Å². The third-order valence-electron chi connectivity index (χ3n) is 7.25. The Bertz CT molecular complexity index is 1220. The number of hydrogen-bond donors (Lipinski definition) is 0. The molecule has 1 aliphatic rings. The van der Waals surface area contributed by atoms with E-state index in [0.717, 1.165) is 55.7 Å². The zero-order chi connectivity index (χ0) is 27.1. The molecule has 200 valence electrons. The van der Waals surface area contributed by atoms with E-state index in [1.807, 2.05) is 53.4 Å². The summed E-state index contributed by atoms with van der Waals surface area (Å²) in [7, 11) is 0. The fourth-order valence-electron chi connectivity index (χ4n) is 4.85. The molecule has 0 saturated carbocycles. The number of anilines is 1. The van der Waals surface area contributed by atoms with E-state index in [4.69, 9.17) is 0 Å². The lowest BCUT2D eigenvalue weighted by Gasteiger charge is -2.37. The number of halogens is 1. The molecule has 0 radical (unpaired) electrons. The molecule has 0 unspecified atom stereocenters. The Labute approximate surface area is 225 Å². The molecular weight excluding hydrogens is 477 g/mol. The molecule has 2 amide bonds. The lowest BCUT2D eigenvalue weighted by atomic mass is 10.0. The Kier molecular flexibility index (Phi) is 9.29. The summed E-state index contributed by atoms with van der Waals surface area (Å²) in [5.41, 5.74) is 4.38. The van der Waals surface area contributed by atoms with Crippen LogP contribution in [0.3, 0.4) is 0 Å². The van der Waals surface area contributed by atoms with Crippen LogP contribution in [0.1, 0.15) is 56.0 Å². The van der Waals surface area contributed by atoms with Gasteiger partial charge in [-0.05, 0) is 73.4 Å². The zero-order valence-electron chi connectivity index (χ0n) is 22.7. The van der Waals surface area contributed by atoms with Crippen LogP contribution in [0, 0.1) is 5.82 Å². The maximum Gasteiger partial charge on any atom is 0.253 e. The fraction of sp³-hybridized carbons (Fsp3) is 0.375. The standard InChI is InChI=1S/C32H38FN3O2/c1-4-5-9-31(37)36(30-16-14-29(33)15-17-30)23-25-10-12-26(13-11-25)27-7-6-8-28(22-27)32(38)35-20-18-34(19-21-35)24(2)3/h6-8,10-17,22,24H,4-5,9,18-21,23H2,1-3H3. The SMILES string of the molecule is CCCCC(=O)N(Cc1ccc(-c2cccc(C(=O)N3CCN(C(C)C)CC3)c2)cc1)c1ccc(F)cc1. The first kappa shape index (κ1) is 27.5. The Balaban J connectivity index is 1.47. The van der Waals surface area contributed by atoms with E-state index in [0.29, 0.717) is 30.3 Å². The van der Waals surface area contributed by atoms with Gasteiger partial charge in [0.15, 0.2) is 0 Å². The van der Waals surface area contributed by atoms with Gasteiger partial charge < -0.3 is 9.80 Å². The number of piperazine rings is 1. The van der Waals surface area contributed by atoms with Crippen LogP contribution in [0.15, 0.2) is 72.8 Å². The minimum atomic E-state index is -0.322. The summed E-state index contributed by atoms with van der Waals surface area (Å²) in [5, 5.41) is 0. The number of hydrogen-bond acceptors (Lipinski definition) is 3. The van der Waals surface area contributed by atoms with Gasteiger partial charge in [-0.2, -0.15) is 0 Å². The molecule has 1 saturated heterocycles. The first-order valence-corrected chi connectivity index (χ1v) is 13.6. The largest absolute Gasteiger partial charge is 0.336 e. The number of carbonyl (C=O) groups is 2. The summed E-state index contributed by atoms with van der Waals surface area (Å²) in [4.78, 5) is 32.2. The second kappa shape index (κ2) is 12.8. The number of benzene rings is 3. The molecule has 4 rings (SSSR count). The molecule has 3 aromatic carbocycles. The van der Waals surface area contributed by atoms with Crippen LogP contribution in [-0.4, -0.2) is 53.8 Å². The van der Waals surface area contributed by atoms with Crippen molar-refractivity contribution in [1.29, 1.82) is 0 Å². The first-order valence-electron chi connectivity index (χ1n) is 13.6. The molecule has 0 spiro atoms. The van der Waals surface area contributed by atoms with E-state index in [2.05, 4.69) is 25.7 Å². The third kappa shape index (κ3) is 6.87. The highest BCUT2D eigenvalue weighted by molar-refractivity contribution is 5.95. The molecule has 0 atom stereocenters. The molecule has 38 heavy (non-hydrogen) atoms. The molecule has 1 aliphatic heterocycles. The van der Waals surface area contributed by atoms with Gasteiger partial charge in [0.05, 0.1) is 6.54 Å². The van der Waals surface area contributed by atoms with E-state index < -0.39 is 0 Å². The van der Waals surface area contributed by atoms with Crippen LogP contribution in [0.4, 0.5) is 10.1 Å². The summed E-state index contributed by atoms with van der Waals surface area (Å²) in [6.45, 7) is 10.2. The number of amides is 2. The van der Waals surface area contributed by atoms with Crippen LogP contribution in [0.5, 0.6) is 0 Å². The van der Waals surface area contributed by atoms with E-state index >= 15 is 0 Å². The van der Waals surface area contributed by atoms with Crippen molar-refractivity contribution in [2.45, 2.75) is 52.6 Å². The highest BCUT2D eigenvalue weighted by Gasteiger charge is 2.23. The summed E-state index contributed by atoms with van der Waals surface area (Å²) < 4.78 is 13.5. The normalized spacial score (nSPS) is 14.1.